The molecule has 0 spiro atoms. The molecule has 0 radical (unpaired) electrons. The second kappa shape index (κ2) is 9.93. The number of anilines is 1. The van der Waals surface area contributed by atoms with Crippen LogP contribution in [0, 0.1) is 5.82 Å². The Morgan fingerprint density at radius 2 is 1.91 bits per heavy atom. The molecule has 1 amide bonds. The number of nitrogens with zero attached hydrogens (tertiary/aromatic N) is 1. The van der Waals surface area contributed by atoms with Gasteiger partial charge in [-0.15, -0.1) is 0 Å². The molecule has 0 saturated carbocycles. The van der Waals surface area contributed by atoms with Crippen LogP contribution >= 0.6 is 63.1 Å². The average molecular weight is 569 g/mol. The zero-order valence-electron chi connectivity index (χ0n) is 16.2. The molecule has 0 bridgehead atoms. The van der Waals surface area contributed by atoms with Crippen LogP contribution in [0.4, 0.5) is 10.1 Å². The Hall–Kier alpha value is -1.90. The number of carbonyl (C=O) groups excluding carboxylic acids is 1. The number of benzene rings is 3. The van der Waals surface area contributed by atoms with E-state index < -0.39 is 0 Å². The van der Waals surface area contributed by atoms with Crippen molar-refractivity contribution in [3.63, 3.8) is 0 Å². The second-order valence-corrected chi connectivity index (χ2v) is 10.1. The molecule has 3 aromatic carbocycles. The minimum absolute atomic E-state index is 0.0521. The van der Waals surface area contributed by atoms with Gasteiger partial charge in [-0.1, -0.05) is 81.3 Å². The molecule has 0 aliphatic carbocycles. The standard InChI is InChI=1S/C23H13BrCl2FNO2S2/c24-15-5-8-20(30-12-13-3-1-2-4-18(13)27)14(9-15)10-21-22(29)28(23(31)32-21)19-7-6-16(25)11-17(19)26/h1-11H,12H2/b21-10+. The van der Waals surface area contributed by atoms with E-state index in [0.29, 0.717) is 41.8 Å². The van der Waals surface area contributed by atoms with E-state index in [1.165, 1.54) is 11.0 Å². The fraction of sp³-hybridized carbons (Fsp3) is 0.0435. The summed E-state index contributed by atoms with van der Waals surface area (Å²) in [6, 6.07) is 16.7. The van der Waals surface area contributed by atoms with Crippen LogP contribution in [0.1, 0.15) is 11.1 Å². The van der Waals surface area contributed by atoms with Crippen molar-refractivity contribution >= 4 is 85.1 Å². The lowest BCUT2D eigenvalue weighted by Crippen LogP contribution is -2.27. The van der Waals surface area contributed by atoms with Gasteiger partial charge in [0.25, 0.3) is 5.91 Å². The highest BCUT2D eigenvalue weighted by Crippen LogP contribution is 2.40. The Kier molecular flexibility index (Phi) is 7.22. The van der Waals surface area contributed by atoms with E-state index >= 15 is 0 Å². The van der Waals surface area contributed by atoms with Gasteiger partial charge in [-0.25, -0.2) is 4.39 Å². The molecule has 4 rings (SSSR count). The van der Waals surface area contributed by atoms with Crippen LogP contribution in [0.2, 0.25) is 10.0 Å². The van der Waals surface area contributed by atoms with Crippen molar-refractivity contribution < 1.29 is 13.9 Å². The first kappa shape index (κ1) is 23.3. The summed E-state index contributed by atoms with van der Waals surface area (Å²) in [6.45, 7) is 0.0521. The largest absolute Gasteiger partial charge is 0.488 e. The van der Waals surface area contributed by atoms with Gasteiger partial charge in [-0.05, 0) is 48.5 Å². The maximum atomic E-state index is 14.0. The molecule has 0 N–H and O–H groups in total. The highest BCUT2D eigenvalue weighted by Gasteiger charge is 2.34. The monoisotopic (exact) mass is 567 g/mol. The number of carbonyl (C=O) groups is 1. The van der Waals surface area contributed by atoms with E-state index in [-0.39, 0.29) is 18.3 Å². The summed E-state index contributed by atoms with van der Waals surface area (Å²) >= 11 is 22.3. The van der Waals surface area contributed by atoms with Crippen LogP contribution in [0.3, 0.4) is 0 Å². The fourth-order valence-electron chi connectivity index (χ4n) is 3.01. The lowest BCUT2D eigenvalue weighted by Gasteiger charge is -2.16. The van der Waals surface area contributed by atoms with E-state index in [2.05, 4.69) is 15.9 Å². The Labute approximate surface area is 212 Å². The molecular formula is C23H13BrCl2FNO2S2. The molecule has 1 saturated heterocycles. The number of halogens is 4. The van der Waals surface area contributed by atoms with Crippen molar-refractivity contribution in [2.45, 2.75) is 6.61 Å². The number of hydrogen-bond acceptors (Lipinski definition) is 4. The minimum atomic E-state index is -0.341. The molecule has 3 nitrogen and oxygen atoms in total. The normalized spacial score (nSPS) is 15.0. The molecule has 0 unspecified atom stereocenters. The predicted octanol–water partition coefficient (Wildman–Crippen LogP) is 7.88. The number of ether oxygens (including phenoxy) is 1. The SMILES string of the molecule is O=C1/C(=C\c2cc(Br)ccc2OCc2ccccc2F)SC(=S)N1c1ccc(Cl)cc1Cl. The molecule has 32 heavy (non-hydrogen) atoms. The summed E-state index contributed by atoms with van der Waals surface area (Å²) in [5.74, 6) is -0.137. The first-order chi connectivity index (χ1) is 15.3. The van der Waals surface area contributed by atoms with Gasteiger partial charge in [0, 0.05) is 20.6 Å². The molecule has 3 aromatic rings. The molecular weight excluding hydrogens is 556 g/mol. The Morgan fingerprint density at radius 1 is 1.12 bits per heavy atom. The lowest BCUT2D eigenvalue weighted by molar-refractivity contribution is -0.113. The van der Waals surface area contributed by atoms with Gasteiger partial charge < -0.3 is 4.74 Å². The topological polar surface area (TPSA) is 29.5 Å². The molecule has 1 aliphatic rings. The molecule has 1 aliphatic heterocycles. The van der Waals surface area contributed by atoms with Crippen molar-refractivity contribution in [1.82, 2.24) is 0 Å². The number of thiocarbonyl (C=S) groups is 1. The average Bonchev–Trinajstić information content (AvgIpc) is 3.02. The van der Waals surface area contributed by atoms with Crippen molar-refractivity contribution in [2.24, 2.45) is 0 Å². The van der Waals surface area contributed by atoms with Crippen LogP contribution < -0.4 is 9.64 Å². The summed E-state index contributed by atoms with van der Waals surface area (Å²) in [6.07, 6.45) is 1.70. The summed E-state index contributed by atoms with van der Waals surface area (Å²) in [5.41, 5.74) is 1.55. The first-order valence-corrected chi connectivity index (χ1v) is 12.0. The number of rotatable bonds is 5. The summed E-state index contributed by atoms with van der Waals surface area (Å²) in [4.78, 5) is 14.9. The smallest absolute Gasteiger partial charge is 0.270 e. The fourth-order valence-corrected chi connectivity index (χ4v) is 5.16. The van der Waals surface area contributed by atoms with Crippen LogP contribution in [0.25, 0.3) is 6.08 Å². The van der Waals surface area contributed by atoms with Crippen LogP contribution in [0.5, 0.6) is 5.75 Å². The van der Waals surface area contributed by atoms with E-state index in [9.17, 15) is 9.18 Å². The van der Waals surface area contributed by atoms with Crippen LogP contribution in [0.15, 0.2) is 70.0 Å². The lowest BCUT2D eigenvalue weighted by atomic mass is 10.1. The zero-order chi connectivity index (χ0) is 22.8. The van der Waals surface area contributed by atoms with Gasteiger partial charge in [0.05, 0.1) is 15.6 Å². The van der Waals surface area contributed by atoms with Crippen molar-refractivity contribution in [1.29, 1.82) is 0 Å². The van der Waals surface area contributed by atoms with Gasteiger partial charge in [0.1, 0.15) is 18.2 Å². The molecule has 1 fully saturated rings. The van der Waals surface area contributed by atoms with Gasteiger partial charge in [0.2, 0.25) is 0 Å². The third kappa shape index (κ3) is 5.02. The number of hydrogen-bond donors (Lipinski definition) is 0. The van der Waals surface area contributed by atoms with E-state index in [1.807, 2.05) is 12.1 Å². The molecule has 0 atom stereocenters. The predicted molar refractivity (Wildman–Crippen MR) is 137 cm³/mol. The van der Waals surface area contributed by atoms with Gasteiger partial charge in [-0.2, -0.15) is 0 Å². The summed E-state index contributed by atoms with van der Waals surface area (Å²) in [7, 11) is 0. The minimum Gasteiger partial charge on any atom is -0.488 e. The Morgan fingerprint density at radius 3 is 2.66 bits per heavy atom. The first-order valence-electron chi connectivity index (χ1n) is 9.22. The van der Waals surface area contributed by atoms with Crippen molar-refractivity contribution in [3.05, 3.63) is 97.0 Å². The van der Waals surface area contributed by atoms with Gasteiger partial charge in [-0.3, -0.25) is 9.69 Å². The molecule has 1 heterocycles. The van der Waals surface area contributed by atoms with Crippen LogP contribution in [-0.4, -0.2) is 10.2 Å². The summed E-state index contributed by atoms with van der Waals surface area (Å²) < 4.78 is 21.0. The molecule has 9 heteroatoms. The zero-order valence-corrected chi connectivity index (χ0v) is 20.9. The highest BCUT2D eigenvalue weighted by atomic mass is 79.9. The molecule has 0 aromatic heterocycles. The third-order valence-electron chi connectivity index (χ3n) is 4.54. The third-order valence-corrected chi connectivity index (χ3v) is 6.88. The number of thioether (sulfide) groups is 1. The van der Waals surface area contributed by atoms with Crippen molar-refractivity contribution in [3.8, 4) is 5.75 Å². The van der Waals surface area contributed by atoms with E-state index in [1.54, 1.807) is 48.5 Å². The maximum absolute atomic E-state index is 14.0. The van der Waals surface area contributed by atoms with Gasteiger partial charge >= 0.3 is 0 Å². The van der Waals surface area contributed by atoms with Gasteiger partial charge in [0.15, 0.2) is 4.32 Å². The summed E-state index contributed by atoms with van der Waals surface area (Å²) in [5, 5.41) is 0.789. The van der Waals surface area contributed by atoms with E-state index in [0.717, 1.165) is 16.2 Å². The second-order valence-electron chi connectivity index (χ2n) is 6.68. The van der Waals surface area contributed by atoms with E-state index in [4.69, 9.17) is 40.2 Å². The number of amides is 1. The van der Waals surface area contributed by atoms with Crippen molar-refractivity contribution in [2.75, 3.05) is 4.90 Å². The van der Waals surface area contributed by atoms with Crippen LogP contribution in [-0.2, 0) is 11.4 Å². The Balaban J connectivity index is 1.63. The quantitative estimate of drug-likeness (QED) is 0.231. The molecule has 162 valence electrons. The Bertz CT molecular complexity index is 1270. The maximum Gasteiger partial charge on any atom is 0.270 e. The highest BCUT2D eigenvalue weighted by molar-refractivity contribution is 9.10.